The molecule has 0 radical (unpaired) electrons. The Morgan fingerprint density at radius 1 is 1.26 bits per heavy atom. The van der Waals surface area contributed by atoms with E-state index in [1.807, 2.05) is 0 Å². The largest absolute Gasteiger partial charge is 0.349 e. The highest BCUT2D eigenvalue weighted by molar-refractivity contribution is 9.10. The summed E-state index contributed by atoms with van der Waals surface area (Å²) < 4.78 is -0.674. The second-order valence-electron chi connectivity index (χ2n) is 5.22. The molecule has 2 N–H and O–H groups in total. The number of para-hydroxylation sites is 1. The highest BCUT2D eigenvalue weighted by Crippen LogP contribution is 2.23. The van der Waals surface area contributed by atoms with Crippen molar-refractivity contribution in [2.45, 2.75) is 37.1 Å². The Kier molecular flexibility index (Phi) is 3.94. The molecule has 1 aromatic carbocycles. The molecule has 0 heterocycles. The molecule has 0 saturated heterocycles. The number of carbonyl (C=O) groups excluding carboxylic acids is 2. The fourth-order valence-electron chi connectivity index (χ4n) is 1.55. The zero-order chi connectivity index (χ0) is 14.0. The smallest absolute Gasteiger partial charge is 0.253 e. The molecule has 1 fully saturated rings. The summed E-state index contributed by atoms with van der Waals surface area (Å²) in [5.74, 6) is -0.315. The number of carbonyl (C=O) groups is 2. The standard InChI is InChI=1S/C14H17BrN2O2/c1-14(2,15)13(19)17-11-6-4-3-5-10(11)12(18)16-9-7-8-9/h3-6,9H,7-8H2,1-2H3,(H,16,18)(H,17,19). The second-order valence-corrected chi connectivity index (χ2v) is 7.20. The van der Waals surface area contributed by atoms with E-state index in [-0.39, 0.29) is 11.8 Å². The predicted octanol–water partition coefficient (Wildman–Crippen LogP) is 2.69. The minimum Gasteiger partial charge on any atom is -0.349 e. The summed E-state index contributed by atoms with van der Waals surface area (Å²) in [6.45, 7) is 3.52. The topological polar surface area (TPSA) is 58.2 Å². The van der Waals surface area contributed by atoms with Crippen LogP contribution >= 0.6 is 15.9 Å². The molecule has 0 spiro atoms. The van der Waals surface area contributed by atoms with Crippen LogP contribution in [0.4, 0.5) is 5.69 Å². The number of hydrogen-bond acceptors (Lipinski definition) is 2. The molecular weight excluding hydrogens is 308 g/mol. The number of amides is 2. The lowest BCUT2D eigenvalue weighted by Gasteiger charge is -2.17. The molecule has 1 aliphatic carbocycles. The van der Waals surface area contributed by atoms with Crippen molar-refractivity contribution in [1.82, 2.24) is 5.32 Å². The van der Waals surface area contributed by atoms with Gasteiger partial charge in [0.25, 0.3) is 5.91 Å². The van der Waals surface area contributed by atoms with Crippen molar-refractivity contribution < 1.29 is 9.59 Å². The number of benzene rings is 1. The molecule has 1 aliphatic rings. The average Bonchev–Trinajstić information content (AvgIpc) is 3.12. The van der Waals surface area contributed by atoms with Gasteiger partial charge in [0.05, 0.1) is 15.6 Å². The molecule has 1 saturated carbocycles. The van der Waals surface area contributed by atoms with E-state index in [1.165, 1.54) is 0 Å². The molecular formula is C14H17BrN2O2. The minimum absolute atomic E-state index is 0.134. The molecule has 19 heavy (non-hydrogen) atoms. The van der Waals surface area contributed by atoms with Crippen molar-refractivity contribution >= 4 is 33.4 Å². The number of anilines is 1. The van der Waals surface area contributed by atoms with Crippen molar-refractivity contribution in [3.05, 3.63) is 29.8 Å². The molecule has 1 aromatic rings. The van der Waals surface area contributed by atoms with Crippen molar-refractivity contribution in [2.75, 3.05) is 5.32 Å². The number of alkyl halides is 1. The molecule has 0 aliphatic heterocycles. The van der Waals surface area contributed by atoms with E-state index in [2.05, 4.69) is 26.6 Å². The van der Waals surface area contributed by atoms with Gasteiger partial charge in [-0.3, -0.25) is 9.59 Å². The van der Waals surface area contributed by atoms with Crippen LogP contribution < -0.4 is 10.6 Å². The zero-order valence-electron chi connectivity index (χ0n) is 11.0. The summed E-state index contributed by atoms with van der Waals surface area (Å²) in [6.07, 6.45) is 2.07. The molecule has 0 unspecified atom stereocenters. The van der Waals surface area contributed by atoms with Crippen LogP contribution in [0.5, 0.6) is 0 Å². The lowest BCUT2D eigenvalue weighted by Crippen LogP contribution is -2.32. The predicted molar refractivity (Wildman–Crippen MR) is 78.6 cm³/mol. The van der Waals surface area contributed by atoms with Gasteiger partial charge < -0.3 is 10.6 Å². The summed E-state index contributed by atoms with van der Waals surface area (Å²) in [6, 6.07) is 7.33. The molecule has 2 rings (SSSR count). The van der Waals surface area contributed by atoms with Gasteiger partial charge in [0.2, 0.25) is 5.91 Å². The lowest BCUT2D eigenvalue weighted by molar-refractivity contribution is -0.117. The fraction of sp³-hybridized carbons (Fsp3) is 0.429. The first kappa shape index (κ1) is 14.1. The van der Waals surface area contributed by atoms with Crippen LogP contribution in [0.15, 0.2) is 24.3 Å². The molecule has 0 atom stereocenters. The second kappa shape index (κ2) is 5.33. The quantitative estimate of drug-likeness (QED) is 0.836. The maximum atomic E-state index is 12.1. The van der Waals surface area contributed by atoms with Gasteiger partial charge in [-0.15, -0.1) is 0 Å². The van der Waals surface area contributed by atoms with Crippen molar-refractivity contribution in [3.8, 4) is 0 Å². The summed E-state index contributed by atoms with van der Waals surface area (Å²) in [5.41, 5.74) is 1.04. The van der Waals surface area contributed by atoms with E-state index in [0.717, 1.165) is 12.8 Å². The third-order valence-corrected chi connectivity index (χ3v) is 3.23. The van der Waals surface area contributed by atoms with Gasteiger partial charge in [-0.1, -0.05) is 28.1 Å². The van der Waals surface area contributed by atoms with Gasteiger partial charge in [0.1, 0.15) is 0 Å². The molecule has 2 amide bonds. The van der Waals surface area contributed by atoms with Crippen molar-refractivity contribution in [1.29, 1.82) is 0 Å². The van der Waals surface area contributed by atoms with E-state index in [1.54, 1.807) is 38.1 Å². The Morgan fingerprint density at radius 2 is 1.89 bits per heavy atom. The lowest BCUT2D eigenvalue weighted by atomic mass is 10.1. The first-order valence-electron chi connectivity index (χ1n) is 6.28. The Morgan fingerprint density at radius 3 is 2.47 bits per heavy atom. The third kappa shape index (κ3) is 3.80. The van der Waals surface area contributed by atoms with Crippen molar-refractivity contribution in [3.63, 3.8) is 0 Å². The van der Waals surface area contributed by atoms with Crippen LogP contribution in [0.3, 0.4) is 0 Å². The van der Waals surface area contributed by atoms with E-state index in [9.17, 15) is 9.59 Å². The molecule has 102 valence electrons. The van der Waals surface area contributed by atoms with Gasteiger partial charge in [-0.2, -0.15) is 0 Å². The van der Waals surface area contributed by atoms with E-state index in [0.29, 0.717) is 17.3 Å². The van der Waals surface area contributed by atoms with Crippen molar-refractivity contribution in [2.24, 2.45) is 0 Å². The van der Waals surface area contributed by atoms with Gasteiger partial charge >= 0.3 is 0 Å². The number of rotatable bonds is 4. The van der Waals surface area contributed by atoms with Gasteiger partial charge in [-0.05, 0) is 38.8 Å². The molecule has 0 bridgehead atoms. The molecule has 4 nitrogen and oxygen atoms in total. The SMILES string of the molecule is CC(C)(Br)C(=O)Nc1ccccc1C(=O)NC1CC1. The Balaban J connectivity index is 2.15. The van der Waals surface area contributed by atoms with Crippen LogP contribution in [0.2, 0.25) is 0 Å². The maximum Gasteiger partial charge on any atom is 0.253 e. The van der Waals surface area contributed by atoms with Crippen LogP contribution in [-0.4, -0.2) is 22.2 Å². The maximum absolute atomic E-state index is 12.1. The Hall–Kier alpha value is -1.36. The van der Waals surface area contributed by atoms with Crippen LogP contribution in [-0.2, 0) is 4.79 Å². The third-order valence-electron chi connectivity index (χ3n) is 2.87. The molecule has 5 heteroatoms. The van der Waals surface area contributed by atoms with E-state index in [4.69, 9.17) is 0 Å². The summed E-state index contributed by atoms with van der Waals surface area (Å²) in [4.78, 5) is 24.0. The summed E-state index contributed by atoms with van der Waals surface area (Å²) in [7, 11) is 0. The number of nitrogens with one attached hydrogen (secondary N) is 2. The Labute approximate surface area is 121 Å². The highest BCUT2D eigenvalue weighted by Gasteiger charge is 2.27. The monoisotopic (exact) mass is 324 g/mol. The number of hydrogen-bond donors (Lipinski definition) is 2. The first-order valence-corrected chi connectivity index (χ1v) is 7.07. The average molecular weight is 325 g/mol. The van der Waals surface area contributed by atoms with Crippen LogP contribution in [0.1, 0.15) is 37.0 Å². The Bertz CT molecular complexity index is 504. The number of halogens is 1. The van der Waals surface area contributed by atoms with Gasteiger partial charge in [0.15, 0.2) is 0 Å². The molecule has 0 aromatic heterocycles. The summed E-state index contributed by atoms with van der Waals surface area (Å²) >= 11 is 3.30. The first-order chi connectivity index (χ1) is 8.88. The van der Waals surface area contributed by atoms with E-state index >= 15 is 0 Å². The fourth-order valence-corrected chi connectivity index (χ4v) is 1.65. The summed E-state index contributed by atoms with van der Waals surface area (Å²) in [5, 5.41) is 5.70. The van der Waals surface area contributed by atoms with Gasteiger partial charge in [0, 0.05) is 6.04 Å². The highest BCUT2D eigenvalue weighted by atomic mass is 79.9. The minimum atomic E-state index is -0.674. The van der Waals surface area contributed by atoms with E-state index < -0.39 is 4.32 Å². The van der Waals surface area contributed by atoms with Crippen LogP contribution in [0, 0.1) is 0 Å². The van der Waals surface area contributed by atoms with Gasteiger partial charge in [-0.25, -0.2) is 0 Å². The zero-order valence-corrected chi connectivity index (χ0v) is 12.6. The normalized spacial score (nSPS) is 14.9. The van der Waals surface area contributed by atoms with Crippen LogP contribution in [0.25, 0.3) is 0 Å².